The van der Waals surface area contributed by atoms with Crippen molar-refractivity contribution < 1.29 is 18.3 Å². The summed E-state index contributed by atoms with van der Waals surface area (Å²) in [5, 5.41) is 6.34. The Morgan fingerprint density at radius 1 is 1.13 bits per heavy atom. The van der Waals surface area contributed by atoms with Gasteiger partial charge in [-0.2, -0.15) is 0 Å². The van der Waals surface area contributed by atoms with E-state index in [1.54, 1.807) is 25.2 Å². The lowest BCUT2D eigenvalue weighted by Crippen LogP contribution is -2.41. The second kappa shape index (κ2) is 12.7. The first-order valence-electron chi connectivity index (χ1n) is 10.0. The van der Waals surface area contributed by atoms with Gasteiger partial charge in [0.05, 0.1) is 25.4 Å². The minimum absolute atomic E-state index is 0. The molecular formula is C22H29F2IN4O2. The van der Waals surface area contributed by atoms with Gasteiger partial charge >= 0.3 is 0 Å². The molecule has 0 spiro atoms. The Bertz CT molecular complexity index is 846. The molecule has 2 N–H and O–H groups in total. The fraction of sp³-hybridized carbons (Fsp3) is 0.409. The number of rotatable bonds is 7. The maximum absolute atomic E-state index is 14.5. The minimum atomic E-state index is -0.299. The second-order valence-corrected chi connectivity index (χ2v) is 7.07. The summed E-state index contributed by atoms with van der Waals surface area (Å²) in [6.07, 6.45) is -0.153. The van der Waals surface area contributed by atoms with E-state index in [4.69, 9.17) is 9.47 Å². The van der Waals surface area contributed by atoms with Crippen molar-refractivity contribution >= 4 is 35.6 Å². The van der Waals surface area contributed by atoms with E-state index in [9.17, 15) is 8.78 Å². The van der Waals surface area contributed by atoms with Gasteiger partial charge in [-0.25, -0.2) is 8.78 Å². The number of nitrogens with zero attached hydrogens (tertiary/aromatic N) is 2. The van der Waals surface area contributed by atoms with E-state index in [1.807, 2.05) is 24.0 Å². The van der Waals surface area contributed by atoms with Crippen molar-refractivity contribution in [2.24, 2.45) is 4.99 Å². The van der Waals surface area contributed by atoms with Crippen LogP contribution in [0.15, 0.2) is 47.5 Å². The Kier molecular flexibility index (Phi) is 10.3. The third kappa shape index (κ3) is 7.80. The minimum Gasteiger partial charge on any atom is -0.489 e. The van der Waals surface area contributed by atoms with E-state index in [0.717, 1.165) is 5.56 Å². The predicted octanol–water partition coefficient (Wildman–Crippen LogP) is 3.55. The molecular weight excluding hydrogens is 517 g/mol. The third-order valence-corrected chi connectivity index (χ3v) is 4.76. The third-order valence-electron chi connectivity index (χ3n) is 4.76. The topological polar surface area (TPSA) is 58.1 Å². The number of guanidine groups is 1. The van der Waals surface area contributed by atoms with Crippen LogP contribution < -0.4 is 20.3 Å². The zero-order chi connectivity index (χ0) is 21.3. The normalized spacial score (nSPS) is 15.1. The molecule has 1 heterocycles. The maximum Gasteiger partial charge on any atom is 0.191 e. The van der Waals surface area contributed by atoms with Crippen molar-refractivity contribution in [2.75, 3.05) is 44.8 Å². The number of hydrogen-bond donors (Lipinski definition) is 2. The molecule has 1 aliphatic rings. The highest BCUT2D eigenvalue weighted by Gasteiger charge is 2.15. The molecule has 1 fully saturated rings. The molecule has 3 rings (SSSR count). The molecule has 2 aromatic rings. The van der Waals surface area contributed by atoms with Crippen molar-refractivity contribution in [1.82, 2.24) is 10.6 Å². The average Bonchev–Trinajstić information content (AvgIpc) is 2.76. The monoisotopic (exact) mass is 546 g/mol. The van der Waals surface area contributed by atoms with Gasteiger partial charge in [0, 0.05) is 26.7 Å². The van der Waals surface area contributed by atoms with Crippen molar-refractivity contribution in [3.05, 3.63) is 59.7 Å². The molecule has 1 saturated heterocycles. The Hall–Kier alpha value is -2.14. The Balaban J connectivity index is 0.00000341. The van der Waals surface area contributed by atoms with E-state index in [2.05, 4.69) is 15.6 Å². The number of benzene rings is 2. The summed E-state index contributed by atoms with van der Waals surface area (Å²) in [6, 6.07) is 11.2. The Morgan fingerprint density at radius 2 is 1.84 bits per heavy atom. The largest absolute Gasteiger partial charge is 0.489 e. The van der Waals surface area contributed by atoms with Crippen LogP contribution in [0, 0.1) is 11.6 Å². The molecule has 2 aromatic carbocycles. The van der Waals surface area contributed by atoms with Crippen LogP contribution in [-0.2, 0) is 11.3 Å². The van der Waals surface area contributed by atoms with E-state index in [-0.39, 0.29) is 41.7 Å². The van der Waals surface area contributed by atoms with Crippen molar-refractivity contribution in [3.63, 3.8) is 0 Å². The van der Waals surface area contributed by atoms with Crippen LogP contribution in [0.2, 0.25) is 0 Å². The van der Waals surface area contributed by atoms with Gasteiger partial charge < -0.3 is 25.0 Å². The van der Waals surface area contributed by atoms with Gasteiger partial charge in [0.15, 0.2) is 5.96 Å². The fourth-order valence-corrected chi connectivity index (χ4v) is 3.16. The van der Waals surface area contributed by atoms with Crippen molar-refractivity contribution in [2.45, 2.75) is 19.6 Å². The van der Waals surface area contributed by atoms with Crippen LogP contribution in [0.25, 0.3) is 0 Å². The van der Waals surface area contributed by atoms with Gasteiger partial charge in [0.25, 0.3) is 0 Å². The van der Waals surface area contributed by atoms with Crippen LogP contribution in [-0.4, -0.2) is 52.0 Å². The molecule has 170 valence electrons. The molecule has 1 atom stereocenters. The summed E-state index contributed by atoms with van der Waals surface area (Å²) in [5.41, 5.74) is 1.43. The predicted molar refractivity (Wildman–Crippen MR) is 130 cm³/mol. The summed E-state index contributed by atoms with van der Waals surface area (Å²) in [7, 11) is 1.67. The summed E-state index contributed by atoms with van der Waals surface area (Å²) in [6.45, 7) is 5.48. The first kappa shape index (κ1) is 25.1. The van der Waals surface area contributed by atoms with Gasteiger partial charge in [-0.1, -0.05) is 6.07 Å². The highest BCUT2D eigenvalue weighted by molar-refractivity contribution is 14.0. The highest BCUT2D eigenvalue weighted by atomic mass is 127. The molecule has 0 amide bonds. The van der Waals surface area contributed by atoms with Crippen LogP contribution >= 0.6 is 24.0 Å². The second-order valence-electron chi connectivity index (χ2n) is 7.07. The number of ether oxygens (including phenoxy) is 2. The van der Waals surface area contributed by atoms with Gasteiger partial charge in [0.1, 0.15) is 23.5 Å². The van der Waals surface area contributed by atoms with Crippen molar-refractivity contribution in [3.8, 4) is 5.75 Å². The van der Waals surface area contributed by atoms with Crippen molar-refractivity contribution in [1.29, 1.82) is 0 Å². The van der Waals surface area contributed by atoms with E-state index in [1.165, 1.54) is 12.1 Å². The average molecular weight is 546 g/mol. The SMILES string of the molecule is CN=C(NCc1ccc(N2CCOCC2)c(F)c1)NCC(C)Oc1ccc(F)cc1.I. The zero-order valence-corrected chi connectivity index (χ0v) is 20.1. The molecule has 31 heavy (non-hydrogen) atoms. The van der Waals surface area contributed by atoms with Gasteiger partial charge in [0.2, 0.25) is 0 Å². The Labute approximate surface area is 199 Å². The quantitative estimate of drug-likeness (QED) is 0.316. The first-order valence-corrected chi connectivity index (χ1v) is 10.0. The smallest absolute Gasteiger partial charge is 0.191 e. The highest BCUT2D eigenvalue weighted by Crippen LogP contribution is 2.21. The molecule has 9 heteroatoms. The lowest BCUT2D eigenvalue weighted by atomic mass is 10.1. The number of aliphatic imine (C=N–C) groups is 1. The molecule has 1 unspecified atom stereocenters. The summed E-state index contributed by atoms with van der Waals surface area (Å²) < 4.78 is 38.6. The molecule has 0 radical (unpaired) electrons. The maximum atomic E-state index is 14.5. The number of anilines is 1. The first-order chi connectivity index (χ1) is 14.5. The Morgan fingerprint density at radius 3 is 2.48 bits per heavy atom. The molecule has 0 bridgehead atoms. The van der Waals surface area contributed by atoms with E-state index < -0.39 is 0 Å². The van der Waals surface area contributed by atoms with Gasteiger partial charge in [-0.05, 0) is 48.9 Å². The molecule has 0 aromatic heterocycles. The summed E-state index contributed by atoms with van der Waals surface area (Å²) in [4.78, 5) is 6.18. The number of hydrogen-bond acceptors (Lipinski definition) is 4. The molecule has 0 aliphatic carbocycles. The fourth-order valence-electron chi connectivity index (χ4n) is 3.16. The lowest BCUT2D eigenvalue weighted by molar-refractivity contribution is 0.122. The number of morpholine rings is 1. The number of halogens is 3. The van der Waals surface area contributed by atoms with Gasteiger partial charge in [-0.3, -0.25) is 4.99 Å². The molecule has 0 saturated carbocycles. The standard InChI is InChI=1S/C22H28F2N4O2.HI/c1-16(30-19-6-4-18(23)5-7-19)14-26-22(25-2)27-15-17-3-8-21(20(24)13-17)28-9-11-29-12-10-28;/h3-8,13,16H,9-12,14-15H2,1-2H3,(H2,25,26,27);1H. The van der Waals surface area contributed by atoms with Crippen LogP contribution in [0.3, 0.4) is 0 Å². The van der Waals surface area contributed by atoms with E-state index >= 15 is 0 Å². The van der Waals surface area contributed by atoms with Crippen LogP contribution in [0.5, 0.6) is 5.75 Å². The van der Waals surface area contributed by atoms with Gasteiger partial charge in [-0.15, -0.1) is 24.0 Å². The molecule has 1 aliphatic heterocycles. The summed E-state index contributed by atoms with van der Waals surface area (Å²) in [5.74, 6) is 0.652. The molecule has 6 nitrogen and oxygen atoms in total. The summed E-state index contributed by atoms with van der Waals surface area (Å²) >= 11 is 0. The van der Waals surface area contributed by atoms with Crippen LogP contribution in [0.1, 0.15) is 12.5 Å². The van der Waals surface area contributed by atoms with Crippen LogP contribution in [0.4, 0.5) is 14.5 Å². The lowest BCUT2D eigenvalue weighted by Gasteiger charge is -2.29. The zero-order valence-electron chi connectivity index (χ0n) is 17.7. The number of nitrogens with one attached hydrogen (secondary N) is 2. The van der Waals surface area contributed by atoms with E-state index in [0.29, 0.717) is 56.8 Å².